The van der Waals surface area contributed by atoms with Gasteiger partial charge in [-0.1, -0.05) is 0 Å². The van der Waals surface area contributed by atoms with Gasteiger partial charge in [0.1, 0.15) is 0 Å². The van der Waals surface area contributed by atoms with Gasteiger partial charge in [-0.25, -0.2) is 0 Å². The lowest BCUT2D eigenvalue weighted by Crippen LogP contribution is -2.15. The Kier molecular flexibility index (Phi) is 3.04. The molecule has 0 saturated carbocycles. The van der Waals surface area contributed by atoms with Gasteiger partial charge in [-0.2, -0.15) is 0 Å². The molecule has 0 radical (unpaired) electrons. The van der Waals surface area contributed by atoms with Gasteiger partial charge in [-0.15, -0.1) is 0 Å². The van der Waals surface area contributed by atoms with Crippen molar-refractivity contribution >= 4 is 0 Å². The average molecular weight is 157 g/mol. The van der Waals surface area contributed by atoms with Crippen molar-refractivity contribution in [3.8, 4) is 0 Å². The summed E-state index contributed by atoms with van der Waals surface area (Å²) in [6, 6.07) is 0. The van der Waals surface area contributed by atoms with E-state index in [1.54, 1.807) is 6.08 Å². The second-order valence-corrected chi connectivity index (χ2v) is 2.60. The molecular weight excluding hydrogens is 146 g/mol. The summed E-state index contributed by atoms with van der Waals surface area (Å²) in [6.45, 7) is 1.42. The zero-order valence-corrected chi connectivity index (χ0v) is 6.23. The van der Waals surface area contributed by atoms with E-state index in [9.17, 15) is 10.1 Å². The molecule has 4 nitrogen and oxygen atoms in total. The van der Waals surface area contributed by atoms with Crippen molar-refractivity contribution in [2.75, 3.05) is 13.2 Å². The summed E-state index contributed by atoms with van der Waals surface area (Å²) in [4.78, 5) is 9.48. The zero-order chi connectivity index (χ0) is 8.10. The molecule has 0 amide bonds. The van der Waals surface area contributed by atoms with Crippen LogP contribution < -0.4 is 0 Å². The lowest BCUT2D eigenvalue weighted by Gasteiger charge is -2.17. The fourth-order valence-corrected chi connectivity index (χ4v) is 1.11. The first-order chi connectivity index (χ1) is 5.29. The van der Waals surface area contributed by atoms with Crippen LogP contribution in [0.5, 0.6) is 0 Å². The third-order valence-electron chi connectivity index (χ3n) is 1.68. The van der Waals surface area contributed by atoms with Crippen LogP contribution in [0.1, 0.15) is 12.8 Å². The predicted molar refractivity (Wildman–Crippen MR) is 39.7 cm³/mol. The number of nitrogens with zero attached hydrogens (tertiary/aromatic N) is 1. The molecule has 1 rings (SSSR count). The van der Waals surface area contributed by atoms with E-state index in [0.29, 0.717) is 6.61 Å². The van der Waals surface area contributed by atoms with Gasteiger partial charge in [-0.05, 0) is 18.9 Å². The van der Waals surface area contributed by atoms with Crippen molar-refractivity contribution in [3.63, 3.8) is 0 Å². The first kappa shape index (κ1) is 8.20. The van der Waals surface area contributed by atoms with Gasteiger partial charge in [0.25, 0.3) is 0 Å². The van der Waals surface area contributed by atoms with Gasteiger partial charge in [0.2, 0.25) is 6.20 Å². The molecule has 0 spiro atoms. The topological polar surface area (TPSA) is 52.4 Å². The summed E-state index contributed by atoms with van der Waals surface area (Å²) in [5.74, 6) is 0.245. The Balaban J connectivity index is 2.29. The smallest absolute Gasteiger partial charge is 0.230 e. The van der Waals surface area contributed by atoms with E-state index in [1.807, 2.05) is 0 Å². The molecule has 0 aromatic carbocycles. The summed E-state index contributed by atoms with van der Waals surface area (Å²) in [5, 5.41) is 9.92. The van der Waals surface area contributed by atoms with Crippen molar-refractivity contribution in [1.29, 1.82) is 0 Å². The number of ether oxygens (including phenoxy) is 1. The Hall–Kier alpha value is -0.900. The maximum absolute atomic E-state index is 9.92. The molecule has 0 N–H and O–H groups in total. The van der Waals surface area contributed by atoms with Crippen LogP contribution in [0.15, 0.2) is 12.3 Å². The molecule has 0 aliphatic carbocycles. The van der Waals surface area contributed by atoms with Crippen LogP contribution in [0.4, 0.5) is 0 Å². The molecule has 1 unspecified atom stereocenters. The molecule has 11 heavy (non-hydrogen) atoms. The second-order valence-electron chi connectivity index (χ2n) is 2.60. The lowest BCUT2D eigenvalue weighted by molar-refractivity contribution is -0.402. The highest BCUT2D eigenvalue weighted by Crippen LogP contribution is 2.14. The monoisotopic (exact) mass is 157 g/mol. The van der Waals surface area contributed by atoms with Gasteiger partial charge >= 0.3 is 0 Å². The number of hydrogen-bond donors (Lipinski definition) is 0. The number of hydrogen-bond acceptors (Lipinski definition) is 3. The summed E-state index contributed by atoms with van der Waals surface area (Å²) in [7, 11) is 0. The van der Waals surface area contributed by atoms with Gasteiger partial charge in [0.15, 0.2) is 0 Å². The minimum Gasteiger partial charge on any atom is -0.381 e. The van der Waals surface area contributed by atoms with Gasteiger partial charge in [0.05, 0.1) is 11.5 Å². The van der Waals surface area contributed by atoms with E-state index >= 15 is 0 Å². The van der Waals surface area contributed by atoms with Crippen LogP contribution in [0.25, 0.3) is 0 Å². The van der Waals surface area contributed by atoms with Crippen LogP contribution in [-0.4, -0.2) is 18.1 Å². The number of rotatable bonds is 2. The summed E-state index contributed by atoms with van der Waals surface area (Å²) < 4.78 is 5.14. The van der Waals surface area contributed by atoms with Crippen LogP contribution in [-0.2, 0) is 4.74 Å². The molecule has 0 aromatic heterocycles. The maximum atomic E-state index is 9.92. The third kappa shape index (κ3) is 3.13. The van der Waals surface area contributed by atoms with E-state index in [0.717, 1.165) is 25.6 Å². The molecule has 1 fully saturated rings. The molecule has 1 heterocycles. The van der Waals surface area contributed by atoms with Crippen molar-refractivity contribution in [2.24, 2.45) is 5.92 Å². The van der Waals surface area contributed by atoms with Gasteiger partial charge < -0.3 is 4.74 Å². The van der Waals surface area contributed by atoms with Crippen molar-refractivity contribution in [2.45, 2.75) is 12.8 Å². The van der Waals surface area contributed by atoms with Crippen molar-refractivity contribution < 1.29 is 9.66 Å². The highest BCUT2D eigenvalue weighted by molar-refractivity contribution is 4.83. The molecule has 0 aromatic rings. The summed E-state index contributed by atoms with van der Waals surface area (Å²) in [6.07, 6.45) is 4.62. The highest BCUT2D eigenvalue weighted by Gasteiger charge is 2.11. The third-order valence-corrected chi connectivity index (χ3v) is 1.68. The fraction of sp³-hybridized carbons (Fsp3) is 0.714. The van der Waals surface area contributed by atoms with Crippen molar-refractivity contribution in [1.82, 2.24) is 0 Å². The second kappa shape index (κ2) is 4.08. The molecule has 1 aliphatic heterocycles. The quantitative estimate of drug-likeness (QED) is 0.447. The molecule has 62 valence electrons. The van der Waals surface area contributed by atoms with Crippen LogP contribution in [0.2, 0.25) is 0 Å². The molecule has 1 aliphatic rings. The average Bonchev–Trinajstić information content (AvgIpc) is 2.03. The Morgan fingerprint density at radius 2 is 2.45 bits per heavy atom. The number of nitro groups is 1. The SMILES string of the molecule is O=[N+]([O-])/C=C/C1CCCOC1. The largest absolute Gasteiger partial charge is 0.381 e. The zero-order valence-electron chi connectivity index (χ0n) is 6.23. The first-order valence-electron chi connectivity index (χ1n) is 3.68. The van der Waals surface area contributed by atoms with E-state index in [1.165, 1.54) is 0 Å². The predicted octanol–water partition coefficient (Wildman–Crippen LogP) is 1.20. The molecule has 0 bridgehead atoms. The molecular formula is C7H11NO3. The standard InChI is InChI=1S/C7H11NO3/c9-8(10)4-3-7-2-1-5-11-6-7/h3-4,7H,1-2,5-6H2/b4-3+. The maximum Gasteiger partial charge on any atom is 0.230 e. The Morgan fingerprint density at radius 3 is 3.00 bits per heavy atom. The van der Waals surface area contributed by atoms with Crippen LogP contribution >= 0.6 is 0 Å². The highest BCUT2D eigenvalue weighted by atomic mass is 16.6. The molecule has 1 saturated heterocycles. The minimum atomic E-state index is -0.436. The summed E-state index contributed by atoms with van der Waals surface area (Å²) in [5.41, 5.74) is 0. The normalized spacial score (nSPS) is 25.6. The Bertz CT molecular complexity index is 161. The van der Waals surface area contributed by atoms with Crippen LogP contribution in [0.3, 0.4) is 0 Å². The molecule has 4 heteroatoms. The van der Waals surface area contributed by atoms with E-state index < -0.39 is 4.92 Å². The summed E-state index contributed by atoms with van der Waals surface area (Å²) >= 11 is 0. The van der Waals surface area contributed by atoms with Crippen molar-refractivity contribution in [3.05, 3.63) is 22.4 Å². The minimum absolute atomic E-state index is 0.245. The Labute approximate surface area is 65.0 Å². The van der Waals surface area contributed by atoms with E-state index in [4.69, 9.17) is 4.74 Å². The van der Waals surface area contributed by atoms with Crippen LogP contribution in [0, 0.1) is 16.0 Å². The van der Waals surface area contributed by atoms with Gasteiger partial charge in [-0.3, -0.25) is 10.1 Å². The Morgan fingerprint density at radius 1 is 1.64 bits per heavy atom. The molecule has 1 atom stereocenters. The van der Waals surface area contributed by atoms with E-state index in [-0.39, 0.29) is 5.92 Å². The fourth-order valence-electron chi connectivity index (χ4n) is 1.11. The van der Waals surface area contributed by atoms with Gasteiger partial charge in [0, 0.05) is 12.5 Å². The first-order valence-corrected chi connectivity index (χ1v) is 3.68. The lowest BCUT2D eigenvalue weighted by atomic mass is 10.0. The van der Waals surface area contributed by atoms with E-state index in [2.05, 4.69) is 0 Å².